The molecule has 1 aliphatic carbocycles. The van der Waals surface area contributed by atoms with Gasteiger partial charge in [-0.05, 0) is 53.2 Å². The fourth-order valence-electron chi connectivity index (χ4n) is 2.75. The smallest absolute Gasteiger partial charge is 0.107 e. The van der Waals surface area contributed by atoms with E-state index in [1.165, 1.54) is 32.1 Å². The Kier molecular flexibility index (Phi) is 5.22. The monoisotopic (exact) mass is 340 g/mol. The molecule has 19 heavy (non-hydrogen) atoms. The Morgan fingerprint density at radius 3 is 2.84 bits per heavy atom. The lowest BCUT2D eigenvalue weighted by molar-refractivity contribution is 0.502. The Morgan fingerprint density at radius 1 is 1.32 bits per heavy atom. The lowest BCUT2D eigenvalue weighted by atomic mass is 10.0. The van der Waals surface area contributed by atoms with Crippen LogP contribution >= 0.6 is 28.1 Å². The van der Waals surface area contributed by atoms with Crippen LogP contribution < -0.4 is 11.1 Å². The molecule has 2 rings (SSSR count). The molecule has 3 N–H and O–H groups in total. The molecule has 2 atom stereocenters. The van der Waals surface area contributed by atoms with Crippen LogP contribution in [0.2, 0.25) is 0 Å². The molecule has 0 heterocycles. The second kappa shape index (κ2) is 6.71. The summed E-state index contributed by atoms with van der Waals surface area (Å²) in [5.41, 5.74) is 7.82. The highest BCUT2D eigenvalue weighted by Gasteiger charge is 2.18. The number of anilines is 1. The molecule has 0 aromatic heterocycles. The summed E-state index contributed by atoms with van der Waals surface area (Å²) in [5, 5.41) is 3.63. The summed E-state index contributed by atoms with van der Waals surface area (Å²) in [4.78, 5) is 0.442. The molecule has 0 spiro atoms. The molecular formula is C15H21BrN2S. The molecule has 0 amide bonds. The van der Waals surface area contributed by atoms with Gasteiger partial charge in [0.1, 0.15) is 4.99 Å². The molecule has 0 saturated heterocycles. The molecule has 1 saturated carbocycles. The number of rotatable bonds is 3. The van der Waals surface area contributed by atoms with Crippen molar-refractivity contribution in [3.63, 3.8) is 0 Å². The van der Waals surface area contributed by atoms with Crippen LogP contribution in [0.3, 0.4) is 0 Å². The quantitative estimate of drug-likeness (QED) is 0.629. The Morgan fingerprint density at radius 2 is 2.11 bits per heavy atom. The van der Waals surface area contributed by atoms with E-state index in [0.717, 1.165) is 21.6 Å². The number of hydrogen-bond acceptors (Lipinski definition) is 2. The first kappa shape index (κ1) is 14.8. The minimum absolute atomic E-state index is 0.442. The van der Waals surface area contributed by atoms with E-state index in [0.29, 0.717) is 11.0 Å². The molecule has 1 aromatic rings. The number of nitrogens with one attached hydrogen (secondary N) is 1. The van der Waals surface area contributed by atoms with Crippen LogP contribution in [0.4, 0.5) is 5.69 Å². The molecule has 104 valence electrons. The maximum Gasteiger partial charge on any atom is 0.107 e. The summed E-state index contributed by atoms with van der Waals surface area (Å²) < 4.78 is 0.965. The van der Waals surface area contributed by atoms with Crippen LogP contribution in [-0.2, 0) is 0 Å². The molecule has 1 aromatic carbocycles. The van der Waals surface area contributed by atoms with Crippen LogP contribution in [0, 0.1) is 5.92 Å². The predicted octanol–water partition coefficient (Wildman–Crippen LogP) is 4.46. The van der Waals surface area contributed by atoms with Gasteiger partial charge in [0, 0.05) is 21.8 Å². The second-order valence-electron chi connectivity index (χ2n) is 5.48. The van der Waals surface area contributed by atoms with E-state index in [2.05, 4.69) is 34.2 Å². The van der Waals surface area contributed by atoms with Gasteiger partial charge in [-0.15, -0.1) is 0 Å². The van der Waals surface area contributed by atoms with Crippen LogP contribution in [0.25, 0.3) is 0 Å². The number of thiocarbonyl (C=S) groups is 1. The van der Waals surface area contributed by atoms with E-state index < -0.39 is 0 Å². The average molecular weight is 341 g/mol. The number of hydrogen-bond donors (Lipinski definition) is 2. The van der Waals surface area contributed by atoms with Gasteiger partial charge in [0.25, 0.3) is 0 Å². The van der Waals surface area contributed by atoms with E-state index in [4.69, 9.17) is 18.0 Å². The van der Waals surface area contributed by atoms with Gasteiger partial charge in [-0.25, -0.2) is 0 Å². The minimum atomic E-state index is 0.442. The van der Waals surface area contributed by atoms with Gasteiger partial charge in [0.15, 0.2) is 0 Å². The Balaban J connectivity index is 2.14. The highest BCUT2D eigenvalue weighted by Crippen LogP contribution is 2.29. The van der Waals surface area contributed by atoms with E-state index >= 15 is 0 Å². The van der Waals surface area contributed by atoms with Crippen molar-refractivity contribution in [3.8, 4) is 0 Å². The second-order valence-corrected chi connectivity index (χ2v) is 6.78. The van der Waals surface area contributed by atoms with Crippen LogP contribution in [-0.4, -0.2) is 11.0 Å². The largest absolute Gasteiger partial charge is 0.389 e. The third kappa shape index (κ3) is 3.93. The maximum atomic E-state index is 5.83. The summed E-state index contributed by atoms with van der Waals surface area (Å²) in [5.74, 6) is 0.851. The topological polar surface area (TPSA) is 38.0 Å². The van der Waals surface area contributed by atoms with Gasteiger partial charge in [-0.1, -0.05) is 38.0 Å². The van der Waals surface area contributed by atoms with Crippen molar-refractivity contribution >= 4 is 38.8 Å². The van der Waals surface area contributed by atoms with Gasteiger partial charge >= 0.3 is 0 Å². The van der Waals surface area contributed by atoms with Crippen molar-refractivity contribution < 1.29 is 0 Å². The van der Waals surface area contributed by atoms with Gasteiger partial charge < -0.3 is 11.1 Å². The van der Waals surface area contributed by atoms with E-state index in [-0.39, 0.29) is 0 Å². The summed E-state index contributed by atoms with van der Waals surface area (Å²) in [6.45, 7) is 2.35. The third-order valence-electron chi connectivity index (χ3n) is 3.88. The summed E-state index contributed by atoms with van der Waals surface area (Å²) >= 11 is 8.69. The van der Waals surface area contributed by atoms with E-state index in [1.54, 1.807) is 0 Å². The van der Waals surface area contributed by atoms with Gasteiger partial charge in [0.05, 0.1) is 0 Å². The molecule has 0 radical (unpaired) electrons. The van der Waals surface area contributed by atoms with Gasteiger partial charge in [-0.2, -0.15) is 0 Å². The number of halogens is 1. The van der Waals surface area contributed by atoms with Crippen molar-refractivity contribution in [2.45, 2.75) is 45.1 Å². The zero-order chi connectivity index (χ0) is 13.8. The molecule has 1 aliphatic rings. The predicted molar refractivity (Wildman–Crippen MR) is 89.7 cm³/mol. The van der Waals surface area contributed by atoms with E-state index in [1.807, 2.05) is 12.1 Å². The number of benzene rings is 1. The fraction of sp³-hybridized carbons (Fsp3) is 0.533. The molecule has 0 bridgehead atoms. The average Bonchev–Trinajstić information content (AvgIpc) is 2.54. The highest BCUT2D eigenvalue weighted by atomic mass is 79.9. The van der Waals surface area contributed by atoms with Crippen LogP contribution in [0.15, 0.2) is 22.7 Å². The summed E-state index contributed by atoms with van der Waals surface area (Å²) in [6, 6.07) is 6.60. The first-order valence-electron chi connectivity index (χ1n) is 6.92. The molecular weight excluding hydrogens is 320 g/mol. The third-order valence-corrected chi connectivity index (χ3v) is 4.74. The normalized spacial score (nSPS) is 23.7. The lowest BCUT2D eigenvalue weighted by Gasteiger charge is -2.20. The van der Waals surface area contributed by atoms with Gasteiger partial charge in [-0.3, -0.25) is 0 Å². The maximum absolute atomic E-state index is 5.83. The Hall–Kier alpha value is -0.610. The summed E-state index contributed by atoms with van der Waals surface area (Å²) in [7, 11) is 0. The Bertz CT molecular complexity index is 461. The van der Waals surface area contributed by atoms with E-state index in [9.17, 15) is 0 Å². The SMILES string of the molecule is CC1CCCC(Nc2cccc(Br)c2C(N)=S)CC1. The molecule has 1 fully saturated rings. The van der Waals surface area contributed by atoms with Crippen LogP contribution in [0.5, 0.6) is 0 Å². The van der Waals surface area contributed by atoms with Crippen molar-refractivity contribution in [2.24, 2.45) is 11.7 Å². The number of nitrogens with two attached hydrogens (primary N) is 1. The van der Waals surface area contributed by atoms with Crippen molar-refractivity contribution in [2.75, 3.05) is 5.32 Å². The molecule has 2 unspecified atom stereocenters. The molecule has 0 aliphatic heterocycles. The zero-order valence-electron chi connectivity index (χ0n) is 11.3. The lowest BCUT2D eigenvalue weighted by Crippen LogP contribution is -2.22. The highest BCUT2D eigenvalue weighted by molar-refractivity contribution is 9.10. The Labute approximate surface area is 129 Å². The van der Waals surface area contributed by atoms with Gasteiger partial charge in [0.2, 0.25) is 0 Å². The fourth-order valence-corrected chi connectivity index (χ4v) is 3.68. The first-order chi connectivity index (χ1) is 9.08. The summed E-state index contributed by atoms with van der Waals surface area (Å²) in [6.07, 6.45) is 6.40. The minimum Gasteiger partial charge on any atom is -0.389 e. The molecule has 2 nitrogen and oxygen atoms in total. The van der Waals surface area contributed by atoms with Crippen LogP contribution in [0.1, 0.15) is 44.6 Å². The van der Waals surface area contributed by atoms with Crippen molar-refractivity contribution in [1.82, 2.24) is 0 Å². The van der Waals surface area contributed by atoms with Crippen molar-refractivity contribution in [1.29, 1.82) is 0 Å². The van der Waals surface area contributed by atoms with Crippen molar-refractivity contribution in [3.05, 3.63) is 28.2 Å². The molecule has 4 heteroatoms. The first-order valence-corrected chi connectivity index (χ1v) is 8.13. The zero-order valence-corrected chi connectivity index (χ0v) is 13.7. The standard InChI is InChI=1S/C15H21BrN2S/c1-10-4-2-5-11(9-8-10)18-13-7-3-6-12(16)14(13)15(17)19/h3,6-7,10-11,18H,2,4-5,8-9H2,1H3,(H2,17,19).